The van der Waals surface area contributed by atoms with E-state index < -0.39 is 10.0 Å². The monoisotopic (exact) mass is 402 g/mol. The van der Waals surface area contributed by atoms with Crippen molar-refractivity contribution in [1.82, 2.24) is 14.9 Å². The molecule has 0 radical (unpaired) electrons. The summed E-state index contributed by atoms with van der Waals surface area (Å²) in [6, 6.07) is 4.90. The normalized spacial score (nSPS) is 16.5. The average molecular weight is 403 g/mol. The Morgan fingerprint density at radius 3 is 2.69 bits per heavy atom. The Kier molecular flexibility index (Phi) is 8.17. The standard InChI is InChI=1S/C17H27FN4O2S2/c1-3-19-17(21-13-15-4-5-16(18)14(2)12-15)20-6-11-26(23,24)22-7-9-25-10-8-22/h4-5,12H,3,6-11,13H2,1-2H3,(H2,19,20,21). The van der Waals surface area contributed by atoms with Crippen LogP contribution in [0.2, 0.25) is 0 Å². The fourth-order valence-electron chi connectivity index (χ4n) is 2.57. The molecule has 0 aromatic heterocycles. The van der Waals surface area contributed by atoms with E-state index >= 15 is 0 Å². The number of aliphatic imine (C=N–C) groups is 1. The summed E-state index contributed by atoms with van der Waals surface area (Å²) in [5.74, 6) is 2.07. The zero-order valence-corrected chi connectivity index (χ0v) is 16.9. The molecule has 0 bridgehead atoms. The number of aryl methyl sites for hydroxylation is 1. The third-order valence-corrected chi connectivity index (χ3v) is 6.82. The lowest BCUT2D eigenvalue weighted by molar-refractivity contribution is 0.443. The fraction of sp³-hybridized carbons (Fsp3) is 0.588. The first-order valence-corrected chi connectivity index (χ1v) is 11.5. The highest BCUT2D eigenvalue weighted by atomic mass is 32.2. The number of sulfonamides is 1. The molecule has 1 aromatic carbocycles. The molecule has 2 N–H and O–H groups in total. The highest BCUT2D eigenvalue weighted by Crippen LogP contribution is 2.13. The van der Waals surface area contributed by atoms with Crippen LogP contribution < -0.4 is 10.6 Å². The van der Waals surface area contributed by atoms with Gasteiger partial charge in [0.15, 0.2) is 5.96 Å². The third kappa shape index (κ3) is 6.44. The van der Waals surface area contributed by atoms with E-state index in [4.69, 9.17) is 0 Å². The number of guanidine groups is 1. The highest BCUT2D eigenvalue weighted by molar-refractivity contribution is 7.99. The summed E-state index contributed by atoms with van der Waals surface area (Å²) >= 11 is 1.78. The molecule has 1 saturated heterocycles. The number of hydrogen-bond acceptors (Lipinski definition) is 4. The van der Waals surface area contributed by atoms with E-state index in [9.17, 15) is 12.8 Å². The molecule has 146 valence electrons. The molecular formula is C17H27FN4O2S2. The Balaban J connectivity index is 1.89. The average Bonchev–Trinajstić information content (AvgIpc) is 2.63. The van der Waals surface area contributed by atoms with E-state index in [0.29, 0.717) is 44.2 Å². The second kappa shape index (κ2) is 10.1. The predicted octanol–water partition coefficient (Wildman–Crippen LogP) is 1.57. The number of thioether (sulfide) groups is 1. The Morgan fingerprint density at radius 1 is 1.31 bits per heavy atom. The van der Waals surface area contributed by atoms with Gasteiger partial charge < -0.3 is 10.6 Å². The molecule has 9 heteroatoms. The molecule has 0 saturated carbocycles. The van der Waals surface area contributed by atoms with Crippen LogP contribution in [0.3, 0.4) is 0 Å². The summed E-state index contributed by atoms with van der Waals surface area (Å²) in [6.45, 7) is 6.20. The van der Waals surface area contributed by atoms with Crippen molar-refractivity contribution in [2.24, 2.45) is 4.99 Å². The van der Waals surface area contributed by atoms with Crippen LogP contribution in [0.25, 0.3) is 0 Å². The first-order chi connectivity index (χ1) is 12.4. The van der Waals surface area contributed by atoms with Crippen molar-refractivity contribution in [2.75, 3.05) is 43.4 Å². The zero-order chi connectivity index (χ0) is 19.0. The molecule has 1 aliphatic rings. The minimum Gasteiger partial charge on any atom is -0.357 e. The molecule has 0 atom stereocenters. The van der Waals surface area contributed by atoms with Gasteiger partial charge in [-0.1, -0.05) is 12.1 Å². The molecule has 1 aliphatic heterocycles. The second-order valence-corrected chi connectivity index (χ2v) is 9.35. The van der Waals surface area contributed by atoms with Gasteiger partial charge in [-0.3, -0.25) is 0 Å². The number of rotatable bonds is 7. The maximum atomic E-state index is 13.3. The van der Waals surface area contributed by atoms with Gasteiger partial charge in [-0.15, -0.1) is 0 Å². The van der Waals surface area contributed by atoms with Gasteiger partial charge in [0.1, 0.15) is 5.82 Å². The summed E-state index contributed by atoms with van der Waals surface area (Å²) in [4.78, 5) is 4.45. The molecule has 0 unspecified atom stereocenters. The van der Waals surface area contributed by atoms with Gasteiger partial charge in [-0.05, 0) is 31.0 Å². The van der Waals surface area contributed by atoms with Crippen LogP contribution in [0.4, 0.5) is 4.39 Å². The number of hydrogen-bond donors (Lipinski definition) is 2. The molecule has 0 aliphatic carbocycles. The molecule has 0 spiro atoms. The van der Waals surface area contributed by atoms with Crippen molar-refractivity contribution in [1.29, 1.82) is 0 Å². The Hall–Kier alpha value is -1.32. The van der Waals surface area contributed by atoms with Gasteiger partial charge in [-0.2, -0.15) is 11.8 Å². The lowest BCUT2D eigenvalue weighted by atomic mass is 10.1. The van der Waals surface area contributed by atoms with E-state index in [1.807, 2.05) is 6.92 Å². The minimum atomic E-state index is -3.24. The summed E-state index contributed by atoms with van der Waals surface area (Å²) in [5.41, 5.74) is 1.49. The van der Waals surface area contributed by atoms with Crippen molar-refractivity contribution >= 4 is 27.7 Å². The van der Waals surface area contributed by atoms with Crippen molar-refractivity contribution in [3.63, 3.8) is 0 Å². The van der Waals surface area contributed by atoms with E-state index in [1.165, 1.54) is 6.07 Å². The van der Waals surface area contributed by atoms with Crippen molar-refractivity contribution in [2.45, 2.75) is 20.4 Å². The minimum absolute atomic E-state index is 0.0394. The molecule has 2 rings (SSSR count). The van der Waals surface area contributed by atoms with Crippen LogP contribution in [0.5, 0.6) is 0 Å². The molecule has 1 fully saturated rings. The summed E-state index contributed by atoms with van der Waals surface area (Å²) in [5, 5.41) is 6.16. The molecule has 0 amide bonds. The zero-order valence-electron chi connectivity index (χ0n) is 15.3. The van der Waals surface area contributed by atoms with Crippen LogP contribution in [0.15, 0.2) is 23.2 Å². The van der Waals surface area contributed by atoms with Gasteiger partial charge in [0, 0.05) is 37.7 Å². The van der Waals surface area contributed by atoms with Crippen LogP contribution in [-0.4, -0.2) is 62.1 Å². The van der Waals surface area contributed by atoms with Gasteiger partial charge in [0.25, 0.3) is 0 Å². The molecule has 6 nitrogen and oxygen atoms in total. The van der Waals surface area contributed by atoms with Crippen molar-refractivity contribution in [3.05, 3.63) is 35.1 Å². The SMILES string of the molecule is CCNC(=NCc1ccc(F)c(C)c1)NCCS(=O)(=O)N1CCSCC1. The van der Waals surface area contributed by atoms with E-state index in [2.05, 4.69) is 15.6 Å². The fourth-order valence-corrected chi connectivity index (χ4v) is 5.06. The second-order valence-electron chi connectivity index (χ2n) is 6.03. The first kappa shape index (κ1) is 21.0. The Morgan fingerprint density at radius 2 is 2.04 bits per heavy atom. The van der Waals surface area contributed by atoms with E-state index in [0.717, 1.165) is 17.1 Å². The lowest BCUT2D eigenvalue weighted by Gasteiger charge is -2.25. The van der Waals surface area contributed by atoms with Crippen LogP contribution in [0.1, 0.15) is 18.1 Å². The molecule has 26 heavy (non-hydrogen) atoms. The molecule has 1 aromatic rings. The molecule has 1 heterocycles. The topological polar surface area (TPSA) is 73.8 Å². The first-order valence-electron chi connectivity index (χ1n) is 8.75. The summed E-state index contributed by atoms with van der Waals surface area (Å²) < 4.78 is 39.6. The number of halogens is 1. The summed E-state index contributed by atoms with van der Waals surface area (Å²) in [7, 11) is -3.24. The maximum absolute atomic E-state index is 13.3. The van der Waals surface area contributed by atoms with Crippen molar-refractivity contribution < 1.29 is 12.8 Å². The van der Waals surface area contributed by atoms with Gasteiger partial charge in [0.05, 0.1) is 12.3 Å². The van der Waals surface area contributed by atoms with Crippen LogP contribution in [0, 0.1) is 12.7 Å². The van der Waals surface area contributed by atoms with Gasteiger partial charge >= 0.3 is 0 Å². The molecular weight excluding hydrogens is 375 g/mol. The van der Waals surface area contributed by atoms with Crippen LogP contribution in [-0.2, 0) is 16.6 Å². The summed E-state index contributed by atoms with van der Waals surface area (Å²) in [6.07, 6.45) is 0. The largest absolute Gasteiger partial charge is 0.357 e. The van der Waals surface area contributed by atoms with E-state index in [1.54, 1.807) is 35.1 Å². The Labute approximate surface area is 159 Å². The number of benzene rings is 1. The van der Waals surface area contributed by atoms with Gasteiger partial charge in [0.2, 0.25) is 10.0 Å². The highest BCUT2D eigenvalue weighted by Gasteiger charge is 2.23. The number of nitrogens with zero attached hydrogens (tertiary/aromatic N) is 2. The number of nitrogens with one attached hydrogen (secondary N) is 2. The Bertz CT molecular complexity index is 719. The van der Waals surface area contributed by atoms with E-state index in [-0.39, 0.29) is 11.6 Å². The lowest BCUT2D eigenvalue weighted by Crippen LogP contribution is -2.44. The third-order valence-electron chi connectivity index (χ3n) is 4.00. The predicted molar refractivity (Wildman–Crippen MR) is 107 cm³/mol. The van der Waals surface area contributed by atoms with Crippen LogP contribution >= 0.6 is 11.8 Å². The smallest absolute Gasteiger partial charge is 0.215 e. The van der Waals surface area contributed by atoms with Gasteiger partial charge in [-0.25, -0.2) is 22.1 Å². The quantitative estimate of drug-likeness (QED) is 0.535. The maximum Gasteiger partial charge on any atom is 0.215 e. The van der Waals surface area contributed by atoms with Crippen molar-refractivity contribution in [3.8, 4) is 0 Å².